The summed E-state index contributed by atoms with van der Waals surface area (Å²) in [5, 5.41) is 12.4. The number of rotatable bonds is 8. The predicted octanol–water partition coefficient (Wildman–Crippen LogP) is 17.3. The third-order valence-electron chi connectivity index (χ3n) is 15.8. The van der Waals surface area contributed by atoms with E-state index in [1.165, 1.54) is 75.3 Å². The fourth-order valence-electron chi connectivity index (χ4n) is 11.9. The Balaban J connectivity index is 0.961. The van der Waals surface area contributed by atoms with Crippen LogP contribution in [0.25, 0.3) is 91.7 Å². The molecule has 0 radical (unpaired) electrons. The maximum absolute atomic E-state index is 7.02. The number of anilines is 2. The lowest BCUT2D eigenvalue weighted by molar-refractivity contribution is 0.590. The van der Waals surface area contributed by atoms with Crippen LogP contribution in [0.3, 0.4) is 0 Å². The lowest BCUT2D eigenvalue weighted by atomic mass is 9.62. The normalized spacial score (nSPS) is 12.9. The number of nitrogens with one attached hydrogen (secondary N) is 1. The van der Waals surface area contributed by atoms with Gasteiger partial charge in [-0.25, -0.2) is 0 Å². The van der Waals surface area contributed by atoms with E-state index >= 15 is 0 Å². The molecular formula is C67H55BN2O2S. The molecule has 0 fully saturated rings. The van der Waals surface area contributed by atoms with Crippen molar-refractivity contribution in [3.05, 3.63) is 210 Å². The molecule has 0 aliphatic carbocycles. The fourth-order valence-corrected chi connectivity index (χ4v) is 13.1. The molecule has 1 aliphatic heterocycles. The highest BCUT2D eigenvalue weighted by atomic mass is 32.1. The molecule has 0 saturated heterocycles. The molecule has 0 spiro atoms. The number of fused-ring (bicyclic) bond motifs is 13. The molecule has 13 aromatic rings. The predicted molar refractivity (Wildman–Crippen MR) is 313 cm³/mol. The van der Waals surface area contributed by atoms with Gasteiger partial charge in [-0.15, -0.1) is 11.3 Å². The Bertz CT molecular complexity index is 4290. The number of hydrogen-bond donors (Lipinski definition) is 1. The van der Waals surface area contributed by atoms with Gasteiger partial charge in [0, 0.05) is 75.5 Å². The summed E-state index contributed by atoms with van der Waals surface area (Å²) in [7, 11) is 0.656. The van der Waals surface area contributed by atoms with Crippen molar-refractivity contribution in [3.8, 4) is 16.8 Å². The number of benzene rings is 9. The molecule has 1 N–H and O–H groups in total. The van der Waals surface area contributed by atoms with E-state index in [1.807, 2.05) is 11.3 Å². The van der Waals surface area contributed by atoms with E-state index in [-0.39, 0.29) is 10.8 Å². The Labute approximate surface area is 430 Å². The van der Waals surface area contributed by atoms with Gasteiger partial charge in [0.25, 0.3) is 0 Å². The minimum atomic E-state index is -0.0188. The molecule has 354 valence electrons. The number of thiophene rings is 1. The summed E-state index contributed by atoms with van der Waals surface area (Å²) in [4.78, 5) is 0. The van der Waals surface area contributed by atoms with Gasteiger partial charge >= 0.3 is 0 Å². The molecule has 5 heterocycles. The summed E-state index contributed by atoms with van der Waals surface area (Å²) < 4.78 is 19.2. The van der Waals surface area contributed by atoms with Crippen LogP contribution in [-0.2, 0) is 17.3 Å². The molecule has 6 heteroatoms. The van der Waals surface area contributed by atoms with Crippen LogP contribution in [0.2, 0.25) is 0 Å². The van der Waals surface area contributed by atoms with Gasteiger partial charge in [0.05, 0.1) is 16.9 Å². The first-order valence-electron chi connectivity index (χ1n) is 25.9. The van der Waals surface area contributed by atoms with Gasteiger partial charge in [-0.1, -0.05) is 163 Å². The summed E-state index contributed by atoms with van der Waals surface area (Å²) in [6, 6.07) is 67.5. The van der Waals surface area contributed by atoms with Crippen molar-refractivity contribution in [1.82, 2.24) is 4.57 Å². The second-order valence-electron chi connectivity index (χ2n) is 22.5. The van der Waals surface area contributed by atoms with Crippen molar-refractivity contribution >= 4 is 116 Å². The molecule has 4 nitrogen and oxygen atoms in total. The van der Waals surface area contributed by atoms with Crippen molar-refractivity contribution < 1.29 is 8.83 Å². The second kappa shape index (κ2) is 16.4. The van der Waals surface area contributed by atoms with Crippen LogP contribution in [0.5, 0.6) is 0 Å². The van der Waals surface area contributed by atoms with Gasteiger partial charge in [0.2, 0.25) is 7.28 Å². The molecule has 0 unspecified atom stereocenters. The van der Waals surface area contributed by atoms with Gasteiger partial charge in [-0.2, -0.15) is 0 Å². The summed E-state index contributed by atoms with van der Waals surface area (Å²) in [5.41, 5.74) is 19.5. The number of nitrogens with zero attached hydrogens (tertiary/aromatic N) is 1. The number of furan rings is 2. The Morgan fingerprint density at radius 1 is 0.521 bits per heavy atom. The highest BCUT2D eigenvalue weighted by molar-refractivity contribution is 7.25. The molecule has 0 atom stereocenters. The Morgan fingerprint density at radius 3 is 1.97 bits per heavy atom. The first-order chi connectivity index (χ1) is 35.4. The first kappa shape index (κ1) is 43.9. The molecule has 14 rings (SSSR count). The van der Waals surface area contributed by atoms with E-state index in [1.54, 1.807) is 0 Å². The van der Waals surface area contributed by atoms with Crippen LogP contribution in [0.15, 0.2) is 191 Å². The molecule has 73 heavy (non-hydrogen) atoms. The monoisotopic (exact) mass is 962 g/mol. The maximum Gasteiger partial charge on any atom is 0.244 e. The van der Waals surface area contributed by atoms with Crippen LogP contribution in [0, 0.1) is 0 Å². The maximum atomic E-state index is 7.02. The number of hydrogen-bond acceptors (Lipinski definition) is 4. The van der Waals surface area contributed by atoms with E-state index in [0.29, 0.717) is 13.2 Å². The fraction of sp³-hybridized carbons (Fsp3) is 0.164. The zero-order chi connectivity index (χ0) is 49.3. The van der Waals surface area contributed by atoms with E-state index in [0.717, 1.165) is 79.6 Å². The van der Waals surface area contributed by atoms with E-state index in [4.69, 9.17) is 8.83 Å². The SMILES string of the molecule is CC(C)(C)c1ccc(Nc2cc3c(cc2-c2ccc4c5cc6sc7ccccc7c6cc5n5c4c2Bc2oc4ccc(C(C)(C)C)cc4c2-5)oc2cc(CCC(c4ccccc4)c4ccccc4)ccc23)cc1. The minimum Gasteiger partial charge on any atom is -0.469 e. The van der Waals surface area contributed by atoms with Crippen LogP contribution in [-0.4, -0.2) is 11.8 Å². The van der Waals surface area contributed by atoms with Gasteiger partial charge in [0.1, 0.15) is 16.7 Å². The van der Waals surface area contributed by atoms with Crippen molar-refractivity contribution in [2.75, 3.05) is 5.32 Å². The number of aromatic nitrogens is 1. The van der Waals surface area contributed by atoms with Gasteiger partial charge < -0.3 is 18.7 Å². The topological polar surface area (TPSA) is 43.2 Å². The van der Waals surface area contributed by atoms with Crippen LogP contribution in [0.4, 0.5) is 11.4 Å². The Kier molecular flexibility index (Phi) is 9.85. The summed E-state index contributed by atoms with van der Waals surface area (Å²) in [6.45, 7) is 13.7. The standard InChI is InChI=1S/C67H55BN2O2S/c1-66(2,3)42-23-26-44(27-24-42)69-55-35-52-46-29-22-39(21-28-45(40-15-9-7-10-16-40)41-17-11-8-12-18-41)33-58(46)71-59(52)37-50(55)48-30-31-49-51-38-61-53(47-19-13-14-20-60(47)73-61)36-56(51)70-63(49)62(48)68-65-64(70)54-34-43(67(4,5)6)25-32-57(54)72-65/h7-20,22-27,29-38,45,68-69H,21,28H2,1-6H3. The summed E-state index contributed by atoms with van der Waals surface area (Å²) in [6.07, 6.45) is 1.92. The van der Waals surface area contributed by atoms with Crippen LogP contribution >= 0.6 is 11.3 Å². The zero-order valence-electron chi connectivity index (χ0n) is 42.2. The Morgan fingerprint density at radius 2 is 1.22 bits per heavy atom. The second-order valence-corrected chi connectivity index (χ2v) is 23.6. The van der Waals surface area contributed by atoms with Crippen LogP contribution in [0.1, 0.15) is 81.7 Å². The smallest absolute Gasteiger partial charge is 0.244 e. The average molecular weight is 963 g/mol. The van der Waals surface area contributed by atoms with E-state index in [9.17, 15) is 0 Å². The molecule has 4 aromatic heterocycles. The van der Waals surface area contributed by atoms with Gasteiger partial charge in [-0.3, -0.25) is 0 Å². The van der Waals surface area contributed by atoms with Gasteiger partial charge in [0.15, 0.2) is 0 Å². The highest BCUT2D eigenvalue weighted by Gasteiger charge is 2.32. The van der Waals surface area contributed by atoms with Crippen molar-refractivity contribution in [3.63, 3.8) is 0 Å². The van der Waals surface area contributed by atoms with Crippen molar-refractivity contribution in [2.45, 2.75) is 71.1 Å². The van der Waals surface area contributed by atoms with Crippen LogP contribution < -0.4 is 16.4 Å². The lowest BCUT2D eigenvalue weighted by Crippen LogP contribution is -2.36. The lowest BCUT2D eigenvalue weighted by Gasteiger charge is -2.22. The largest absolute Gasteiger partial charge is 0.469 e. The van der Waals surface area contributed by atoms with Crippen molar-refractivity contribution in [1.29, 1.82) is 0 Å². The summed E-state index contributed by atoms with van der Waals surface area (Å²) in [5.74, 6) is 0.299. The number of aryl methyl sites for hydroxylation is 1. The average Bonchev–Trinajstić information content (AvgIpc) is 4.14. The van der Waals surface area contributed by atoms with Crippen molar-refractivity contribution in [2.24, 2.45) is 0 Å². The summed E-state index contributed by atoms with van der Waals surface area (Å²) >= 11 is 1.88. The molecule has 0 saturated carbocycles. The molecule has 9 aromatic carbocycles. The third kappa shape index (κ3) is 7.24. The molecular weight excluding hydrogens is 908 g/mol. The third-order valence-corrected chi connectivity index (χ3v) is 16.9. The molecule has 0 bridgehead atoms. The van der Waals surface area contributed by atoms with Gasteiger partial charge in [-0.05, 0) is 123 Å². The zero-order valence-corrected chi connectivity index (χ0v) is 43.0. The Hall–Kier alpha value is -7.80. The quantitative estimate of drug-likeness (QED) is 0.154. The van der Waals surface area contributed by atoms with E-state index in [2.05, 4.69) is 233 Å². The minimum absolute atomic E-state index is 0.0188. The van der Waals surface area contributed by atoms with E-state index < -0.39 is 0 Å². The highest BCUT2D eigenvalue weighted by Crippen LogP contribution is 2.46. The molecule has 0 amide bonds. The first-order valence-corrected chi connectivity index (χ1v) is 26.7. The molecule has 1 aliphatic rings.